The largest absolute Gasteiger partial charge is 0.381 e. The molecule has 3 heteroatoms. The number of piperazine rings is 1. The van der Waals surface area contributed by atoms with Gasteiger partial charge in [-0.1, -0.05) is 0 Å². The molecule has 0 amide bonds. The van der Waals surface area contributed by atoms with Gasteiger partial charge in [-0.2, -0.15) is 0 Å². The van der Waals surface area contributed by atoms with Crippen molar-refractivity contribution in [3.8, 4) is 0 Å². The second-order valence-electron chi connectivity index (χ2n) is 4.97. The van der Waals surface area contributed by atoms with E-state index in [-0.39, 0.29) is 0 Å². The van der Waals surface area contributed by atoms with Gasteiger partial charge in [0.2, 0.25) is 0 Å². The van der Waals surface area contributed by atoms with Gasteiger partial charge in [0.25, 0.3) is 0 Å². The molecule has 3 atom stereocenters. The lowest BCUT2D eigenvalue weighted by Gasteiger charge is -2.43. The molecule has 2 fully saturated rings. The van der Waals surface area contributed by atoms with Crippen molar-refractivity contribution in [3.05, 3.63) is 0 Å². The topological polar surface area (TPSA) is 24.5 Å². The smallest absolute Gasteiger partial charge is 0.0586 e. The summed E-state index contributed by atoms with van der Waals surface area (Å²) in [5.41, 5.74) is 0. The zero-order valence-electron chi connectivity index (χ0n) is 10.0. The normalized spacial score (nSPS) is 39.2. The Bertz CT molecular complexity index is 198. The molecule has 0 radical (unpaired) electrons. The Hall–Kier alpha value is -0.120. The molecule has 2 rings (SSSR count). The highest BCUT2D eigenvalue weighted by atomic mass is 16.5. The van der Waals surface area contributed by atoms with E-state index in [0.717, 1.165) is 19.1 Å². The first kappa shape index (κ1) is 11.4. The Morgan fingerprint density at radius 2 is 2.20 bits per heavy atom. The standard InChI is InChI=1S/C12H24N2O/c1-10-9-13-6-7-14(10)11-4-3-5-12(8-11)15-2/h10-13H,3-9H2,1-2H3/t10-,11?,12?/m0/s1. The Morgan fingerprint density at radius 1 is 1.33 bits per heavy atom. The van der Waals surface area contributed by atoms with E-state index in [1.54, 1.807) is 0 Å². The summed E-state index contributed by atoms with van der Waals surface area (Å²) in [6.45, 7) is 5.84. The molecule has 1 N–H and O–H groups in total. The van der Waals surface area contributed by atoms with Crippen LogP contribution in [-0.4, -0.2) is 49.8 Å². The Labute approximate surface area is 93.2 Å². The van der Waals surface area contributed by atoms with Crippen LogP contribution in [0.15, 0.2) is 0 Å². The van der Waals surface area contributed by atoms with E-state index in [1.165, 1.54) is 32.2 Å². The predicted octanol–water partition coefficient (Wildman–Crippen LogP) is 1.24. The van der Waals surface area contributed by atoms with E-state index < -0.39 is 0 Å². The second kappa shape index (κ2) is 5.28. The van der Waals surface area contributed by atoms with Crippen molar-refractivity contribution in [2.75, 3.05) is 26.7 Å². The van der Waals surface area contributed by atoms with Gasteiger partial charge >= 0.3 is 0 Å². The summed E-state index contributed by atoms with van der Waals surface area (Å²) >= 11 is 0. The van der Waals surface area contributed by atoms with Crippen LogP contribution in [0.2, 0.25) is 0 Å². The van der Waals surface area contributed by atoms with Crippen molar-refractivity contribution in [1.29, 1.82) is 0 Å². The van der Waals surface area contributed by atoms with Crippen LogP contribution in [0.4, 0.5) is 0 Å². The zero-order valence-corrected chi connectivity index (χ0v) is 10.0. The number of methoxy groups -OCH3 is 1. The molecule has 0 bridgehead atoms. The van der Waals surface area contributed by atoms with Crippen LogP contribution in [0, 0.1) is 0 Å². The van der Waals surface area contributed by atoms with Gasteiger partial charge in [-0.05, 0) is 32.6 Å². The molecular weight excluding hydrogens is 188 g/mol. The molecule has 88 valence electrons. The Kier molecular flexibility index (Phi) is 4.00. The van der Waals surface area contributed by atoms with E-state index in [0.29, 0.717) is 12.1 Å². The Morgan fingerprint density at radius 3 is 2.93 bits per heavy atom. The van der Waals surface area contributed by atoms with Crippen LogP contribution < -0.4 is 5.32 Å². The van der Waals surface area contributed by atoms with E-state index in [9.17, 15) is 0 Å². The predicted molar refractivity (Wildman–Crippen MR) is 62.1 cm³/mol. The van der Waals surface area contributed by atoms with E-state index in [1.807, 2.05) is 7.11 Å². The first-order valence-corrected chi connectivity index (χ1v) is 6.30. The number of hydrogen-bond acceptors (Lipinski definition) is 3. The molecule has 1 saturated heterocycles. The third-order valence-corrected chi connectivity index (χ3v) is 3.95. The molecule has 15 heavy (non-hydrogen) atoms. The highest BCUT2D eigenvalue weighted by Crippen LogP contribution is 2.26. The highest BCUT2D eigenvalue weighted by Gasteiger charge is 2.30. The minimum atomic E-state index is 0.505. The second-order valence-corrected chi connectivity index (χ2v) is 4.97. The lowest BCUT2D eigenvalue weighted by molar-refractivity contribution is 0.0108. The van der Waals surface area contributed by atoms with Crippen molar-refractivity contribution < 1.29 is 4.74 Å². The molecule has 3 nitrogen and oxygen atoms in total. The first-order valence-electron chi connectivity index (χ1n) is 6.30. The minimum absolute atomic E-state index is 0.505. The molecule has 1 aliphatic carbocycles. The van der Waals surface area contributed by atoms with Gasteiger partial charge in [0.15, 0.2) is 0 Å². The first-order chi connectivity index (χ1) is 7.31. The summed E-state index contributed by atoms with van der Waals surface area (Å²) in [5.74, 6) is 0. The average molecular weight is 212 g/mol. The fraction of sp³-hybridized carbons (Fsp3) is 1.00. The minimum Gasteiger partial charge on any atom is -0.381 e. The number of nitrogens with one attached hydrogen (secondary N) is 1. The molecule has 0 aromatic heterocycles. The third-order valence-electron chi connectivity index (χ3n) is 3.95. The van der Waals surface area contributed by atoms with Gasteiger partial charge < -0.3 is 10.1 Å². The summed E-state index contributed by atoms with van der Waals surface area (Å²) in [6, 6.07) is 1.46. The number of ether oxygens (including phenoxy) is 1. The van der Waals surface area contributed by atoms with Crippen LogP contribution in [-0.2, 0) is 4.74 Å². The molecule has 0 spiro atoms. The maximum atomic E-state index is 5.51. The molecule has 1 heterocycles. The molecule has 1 aliphatic heterocycles. The van der Waals surface area contributed by atoms with Crippen LogP contribution in [0.25, 0.3) is 0 Å². The third kappa shape index (κ3) is 2.71. The van der Waals surface area contributed by atoms with Crippen LogP contribution in [0.5, 0.6) is 0 Å². The highest BCUT2D eigenvalue weighted by molar-refractivity contribution is 4.86. The molecule has 0 aromatic rings. The van der Waals surface area contributed by atoms with Crippen molar-refractivity contribution in [3.63, 3.8) is 0 Å². The van der Waals surface area contributed by atoms with Gasteiger partial charge in [0, 0.05) is 38.8 Å². The molecule has 2 aliphatic rings. The maximum Gasteiger partial charge on any atom is 0.0586 e. The zero-order chi connectivity index (χ0) is 10.7. The lowest BCUT2D eigenvalue weighted by Crippen LogP contribution is -2.55. The van der Waals surface area contributed by atoms with Crippen molar-refractivity contribution >= 4 is 0 Å². The van der Waals surface area contributed by atoms with Gasteiger partial charge in [-0.3, -0.25) is 4.90 Å². The van der Waals surface area contributed by atoms with Crippen molar-refractivity contribution in [1.82, 2.24) is 10.2 Å². The summed E-state index contributed by atoms with van der Waals surface area (Å²) in [5, 5.41) is 3.46. The number of rotatable bonds is 2. The molecular formula is C12H24N2O. The van der Waals surface area contributed by atoms with Crippen LogP contribution >= 0.6 is 0 Å². The fourth-order valence-corrected chi connectivity index (χ4v) is 3.03. The Balaban J connectivity index is 1.90. The van der Waals surface area contributed by atoms with Gasteiger partial charge in [-0.25, -0.2) is 0 Å². The average Bonchev–Trinajstić information content (AvgIpc) is 2.30. The van der Waals surface area contributed by atoms with Crippen molar-refractivity contribution in [2.45, 2.75) is 50.8 Å². The molecule has 0 aromatic carbocycles. The number of hydrogen-bond donors (Lipinski definition) is 1. The van der Waals surface area contributed by atoms with Gasteiger partial charge in [-0.15, -0.1) is 0 Å². The fourth-order valence-electron chi connectivity index (χ4n) is 3.03. The van der Waals surface area contributed by atoms with Gasteiger partial charge in [0.05, 0.1) is 6.10 Å². The summed E-state index contributed by atoms with van der Waals surface area (Å²) in [6.07, 6.45) is 5.70. The summed E-state index contributed by atoms with van der Waals surface area (Å²) in [7, 11) is 1.86. The van der Waals surface area contributed by atoms with E-state index in [4.69, 9.17) is 4.74 Å². The van der Waals surface area contributed by atoms with Gasteiger partial charge in [0.1, 0.15) is 0 Å². The van der Waals surface area contributed by atoms with E-state index >= 15 is 0 Å². The summed E-state index contributed by atoms with van der Waals surface area (Å²) < 4.78 is 5.51. The quantitative estimate of drug-likeness (QED) is 0.745. The SMILES string of the molecule is COC1CCCC(N2CCNC[C@@H]2C)C1. The van der Waals surface area contributed by atoms with Crippen molar-refractivity contribution in [2.24, 2.45) is 0 Å². The number of nitrogens with zero attached hydrogens (tertiary/aromatic N) is 1. The van der Waals surface area contributed by atoms with Crippen LogP contribution in [0.3, 0.4) is 0 Å². The van der Waals surface area contributed by atoms with E-state index in [2.05, 4.69) is 17.1 Å². The summed E-state index contributed by atoms with van der Waals surface area (Å²) in [4.78, 5) is 2.68. The molecule has 1 saturated carbocycles. The monoisotopic (exact) mass is 212 g/mol. The maximum absolute atomic E-state index is 5.51. The lowest BCUT2D eigenvalue weighted by atomic mass is 9.90. The molecule has 2 unspecified atom stereocenters. The van der Waals surface area contributed by atoms with Crippen LogP contribution in [0.1, 0.15) is 32.6 Å².